The number of rotatable bonds is 4. The average molecular weight is 382 g/mol. The zero-order chi connectivity index (χ0) is 19.7. The fourth-order valence-corrected chi connectivity index (χ4v) is 4.73. The minimum absolute atomic E-state index is 0.152. The molecule has 1 unspecified atom stereocenters. The normalized spacial score (nSPS) is 24.0. The Balaban J connectivity index is 1.36. The number of likely N-dealkylation sites (tertiary alicyclic amines) is 1. The van der Waals surface area contributed by atoms with E-state index in [1.165, 1.54) is 0 Å². The molecule has 1 aliphatic carbocycles. The van der Waals surface area contributed by atoms with Crippen LogP contribution in [0.15, 0.2) is 6.07 Å². The maximum atomic E-state index is 12.5. The van der Waals surface area contributed by atoms with Crippen molar-refractivity contribution in [3.05, 3.63) is 22.9 Å². The van der Waals surface area contributed by atoms with Crippen molar-refractivity contribution in [3.63, 3.8) is 0 Å². The van der Waals surface area contributed by atoms with E-state index in [0.29, 0.717) is 17.6 Å². The molecule has 6 nitrogen and oxygen atoms in total. The Morgan fingerprint density at radius 3 is 2.61 bits per heavy atom. The molecule has 3 aliphatic rings. The summed E-state index contributed by atoms with van der Waals surface area (Å²) in [6, 6.07) is 5.31. The Morgan fingerprint density at radius 2 is 1.93 bits per heavy atom. The summed E-state index contributed by atoms with van der Waals surface area (Å²) >= 11 is 0. The number of anilines is 1. The van der Waals surface area contributed by atoms with Crippen molar-refractivity contribution in [2.75, 3.05) is 31.1 Å². The van der Waals surface area contributed by atoms with Crippen molar-refractivity contribution < 1.29 is 4.79 Å². The first-order valence-corrected chi connectivity index (χ1v) is 10.7. The maximum absolute atomic E-state index is 12.5. The number of nitrogens with zero attached hydrogens (tertiary/aromatic N) is 4. The Labute approximate surface area is 167 Å². The molecule has 0 aromatic carbocycles. The van der Waals surface area contributed by atoms with Gasteiger partial charge >= 0.3 is 0 Å². The lowest BCUT2D eigenvalue weighted by Crippen LogP contribution is -2.51. The highest BCUT2D eigenvalue weighted by Gasteiger charge is 2.34. The summed E-state index contributed by atoms with van der Waals surface area (Å²) < 4.78 is 0. The average Bonchev–Trinajstić information content (AvgIpc) is 3.52. The maximum Gasteiger partial charge on any atom is 0.224 e. The van der Waals surface area contributed by atoms with Crippen molar-refractivity contribution >= 4 is 11.7 Å². The third kappa shape index (κ3) is 4.15. The number of hydrogen-bond donors (Lipinski definition) is 1. The van der Waals surface area contributed by atoms with Gasteiger partial charge in [-0.1, -0.05) is 0 Å². The molecule has 0 bridgehead atoms. The largest absolute Gasteiger partial charge is 0.355 e. The first kappa shape index (κ1) is 19.2. The predicted molar refractivity (Wildman–Crippen MR) is 109 cm³/mol. The first-order chi connectivity index (χ1) is 13.5. The zero-order valence-corrected chi connectivity index (χ0v) is 17.1. The topological polar surface area (TPSA) is 72.3 Å². The molecule has 2 aliphatic heterocycles. The van der Waals surface area contributed by atoms with E-state index >= 15 is 0 Å². The molecule has 2 saturated heterocycles. The van der Waals surface area contributed by atoms with Crippen molar-refractivity contribution in [1.29, 1.82) is 5.26 Å². The number of piperidine rings is 2. The van der Waals surface area contributed by atoms with Crippen LogP contribution in [0.5, 0.6) is 0 Å². The van der Waals surface area contributed by atoms with E-state index in [0.717, 1.165) is 81.8 Å². The molecule has 3 fully saturated rings. The van der Waals surface area contributed by atoms with Crippen LogP contribution >= 0.6 is 0 Å². The van der Waals surface area contributed by atoms with Crippen molar-refractivity contribution in [2.24, 2.45) is 5.92 Å². The SMILES string of the molecule is Cc1cc(C)c(C#N)c(N2CCC(N3CCCC(C(=O)NC4CC4)C3)CC2)n1. The number of aromatic nitrogens is 1. The molecule has 6 heteroatoms. The van der Waals surface area contributed by atoms with Gasteiger partial charge in [-0.15, -0.1) is 0 Å². The summed E-state index contributed by atoms with van der Waals surface area (Å²) in [6.45, 7) is 7.82. The number of nitrogens with one attached hydrogen (secondary N) is 1. The number of pyridine rings is 1. The van der Waals surface area contributed by atoms with Crippen LogP contribution in [-0.4, -0.2) is 54.1 Å². The minimum atomic E-state index is 0.152. The molecular weight excluding hydrogens is 350 g/mol. The van der Waals surface area contributed by atoms with Crippen LogP contribution in [0.4, 0.5) is 5.82 Å². The van der Waals surface area contributed by atoms with E-state index in [-0.39, 0.29) is 11.8 Å². The molecule has 1 amide bonds. The quantitative estimate of drug-likeness (QED) is 0.868. The Morgan fingerprint density at radius 1 is 1.18 bits per heavy atom. The van der Waals surface area contributed by atoms with Gasteiger partial charge < -0.3 is 10.2 Å². The molecule has 150 valence electrons. The fourth-order valence-electron chi connectivity index (χ4n) is 4.73. The molecule has 4 rings (SSSR count). The zero-order valence-electron chi connectivity index (χ0n) is 17.1. The fraction of sp³-hybridized carbons (Fsp3) is 0.682. The van der Waals surface area contributed by atoms with Gasteiger partial charge in [0.1, 0.15) is 11.9 Å². The molecule has 0 radical (unpaired) electrons. The highest BCUT2D eigenvalue weighted by Crippen LogP contribution is 2.29. The molecule has 1 aromatic rings. The van der Waals surface area contributed by atoms with Crippen LogP contribution < -0.4 is 10.2 Å². The van der Waals surface area contributed by atoms with Crippen LogP contribution in [-0.2, 0) is 4.79 Å². The molecule has 1 atom stereocenters. The number of carbonyl (C=O) groups is 1. The highest BCUT2D eigenvalue weighted by molar-refractivity contribution is 5.79. The summed E-state index contributed by atoms with van der Waals surface area (Å²) in [5.41, 5.74) is 2.68. The van der Waals surface area contributed by atoms with E-state index in [1.54, 1.807) is 0 Å². The lowest BCUT2D eigenvalue weighted by Gasteiger charge is -2.42. The van der Waals surface area contributed by atoms with Crippen LogP contribution in [0.2, 0.25) is 0 Å². The van der Waals surface area contributed by atoms with Gasteiger partial charge in [0, 0.05) is 37.4 Å². The number of nitriles is 1. The second-order valence-electron chi connectivity index (χ2n) is 8.73. The van der Waals surface area contributed by atoms with Gasteiger partial charge in [-0.05, 0) is 70.5 Å². The second kappa shape index (κ2) is 8.08. The first-order valence-electron chi connectivity index (χ1n) is 10.7. The molecule has 28 heavy (non-hydrogen) atoms. The Hall–Kier alpha value is -2.13. The van der Waals surface area contributed by atoms with Gasteiger partial charge in [-0.3, -0.25) is 9.69 Å². The molecule has 3 heterocycles. The molecule has 1 saturated carbocycles. The Bertz CT molecular complexity index is 774. The number of hydrogen-bond acceptors (Lipinski definition) is 5. The van der Waals surface area contributed by atoms with Crippen LogP contribution in [0.25, 0.3) is 0 Å². The van der Waals surface area contributed by atoms with Crippen molar-refractivity contribution in [1.82, 2.24) is 15.2 Å². The number of aryl methyl sites for hydroxylation is 2. The van der Waals surface area contributed by atoms with Crippen molar-refractivity contribution in [2.45, 2.75) is 64.5 Å². The summed E-state index contributed by atoms with van der Waals surface area (Å²) in [4.78, 5) is 21.9. The van der Waals surface area contributed by atoms with Gasteiger partial charge in [-0.2, -0.15) is 5.26 Å². The van der Waals surface area contributed by atoms with Crippen molar-refractivity contribution in [3.8, 4) is 6.07 Å². The predicted octanol–water partition coefficient (Wildman–Crippen LogP) is 2.53. The van der Waals surface area contributed by atoms with E-state index in [2.05, 4.69) is 26.2 Å². The van der Waals surface area contributed by atoms with Gasteiger partial charge in [0.05, 0.1) is 11.5 Å². The molecule has 0 spiro atoms. The van der Waals surface area contributed by atoms with E-state index < -0.39 is 0 Å². The lowest BCUT2D eigenvalue weighted by atomic mass is 9.93. The van der Waals surface area contributed by atoms with E-state index in [1.807, 2.05) is 19.9 Å². The van der Waals surface area contributed by atoms with Gasteiger partial charge in [0.15, 0.2) is 0 Å². The smallest absolute Gasteiger partial charge is 0.224 e. The van der Waals surface area contributed by atoms with Gasteiger partial charge in [0.25, 0.3) is 0 Å². The summed E-state index contributed by atoms with van der Waals surface area (Å²) in [6.07, 6.45) is 6.56. The molecular formula is C22H31N5O. The third-order valence-electron chi connectivity index (χ3n) is 6.47. The molecule has 1 N–H and O–H groups in total. The van der Waals surface area contributed by atoms with Crippen LogP contribution in [0.3, 0.4) is 0 Å². The molecule has 1 aromatic heterocycles. The highest BCUT2D eigenvalue weighted by atomic mass is 16.2. The summed E-state index contributed by atoms with van der Waals surface area (Å²) in [5, 5.41) is 12.7. The lowest BCUT2D eigenvalue weighted by molar-refractivity contribution is -0.127. The third-order valence-corrected chi connectivity index (χ3v) is 6.47. The van der Waals surface area contributed by atoms with Crippen LogP contribution in [0.1, 0.15) is 55.3 Å². The van der Waals surface area contributed by atoms with Gasteiger partial charge in [0.2, 0.25) is 5.91 Å². The Kier molecular flexibility index (Phi) is 5.54. The summed E-state index contributed by atoms with van der Waals surface area (Å²) in [7, 11) is 0. The van der Waals surface area contributed by atoms with E-state index in [4.69, 9.17) is 0 Å². The number of carbonyl (C=O) groups excluding carboxylic acids is 1. The summed E-state index contributed by atoms with van der Waals surface area (Å²) in [5.74, 6) is 1.26. The van der Waals surface area contributed by atoms with Crippen LogP contribution in [0, 0.1) is 31.1 Å². The monoisotopic (exact) mass is 381 g/mol. The van der Waals surface area contributed by atoms with Gasteiger partial charge in [-0.25, -0.2) is 4.98 Å². The minimum Gasteiger partial charge on any atom is -0.355 e. The standard InChI is InChI=1S/C22H31N5O/c1-15-12-16(2)24-21(20(15)13-23)26-10-7-19(8-11-26)27-9-3-4-17(14-27)22(28)25-18-5-6-18/h12,17-19H,3-11,14H2,1-2H3,(H,25,28). The number of amides is 1. The second-order valence-corrected chi connectivity index (χ2v) is 8.73. The van der Waals surface area contributed by atoms with E-state index in [9.17, 15) is 10.1 Å².